The molecule has 1 fully saturated rings. The number of ether oxygens (including phenoxy) is 1. The van der Waals surface area contributed by atoms with Crippen LogP contribution in [0.3, 0.4) is 0 Å². The summed E-state index contributed by atoms with van der Waals surface area (Å²) in [6, 6.07) is 3.68. The van der Waals surface area contributed by atoms with E-state index in [9.17, 15) is 9.59 Å². The van der Waals surface area contributed by atoms with E-state index in [2.05, 4.69) is 19.2 Å². The van der Waals surface area contributed by atoms with Gasteiger partial charge in [-0.3, -0.25) is 4.79 Å². The summed E-state index contributed by atoms with van der Waals surface area (Å²) in [6.07, 6.45) is 3.38. The molecule has 20 heavy (non-hydrogen) atoms. The van der Waals surface area contributed by atoms with E-state index >= 15 is 0 Å². The number of hydrogen-bond donors (Lipinski definition) is 1. The van der Waals surface area contributed by atoms with Crippen LogP contribution in [-0.2, 0) is 9.53 Å². The first-order valence-corrected chi connectivity index (χ1v) is 7.96. The summed E-state index contributed by atoms with van der Waals surface area (Å²) in [4.78, 5) is 24.0. The molecule has 0 aliphatic heterocycles. The standard InChI is InChI=1S/C15H21NO3S/c1-10-5-3-6-12(11(10)2)16-14(17)9-19-15(18)13-7-4-8-20-13/h4,7-8,10-12H,3,5-6,9H2,1-2H3,(H,16,17)/t10-,11-,12-/m1/s1. The summed E-state index contributed by atoms with van der Waals surface area (Å²) >= 11 is 1.31. The summed E-state index contributed by atoms with van der Waals surface area (Å²) < 4.78 is 5.01. The van der Waals surface area contributed by atoms with Crippen LogP contribution in [0.1, 0.15) is 42.8 Å². The third-order valence-corrected chi connectivity index (χ3v) is 4.96. The van der Waals surface area contributed by atoms with Gasteiger partial charge >= 0.3 is 5.97 Å². The van der Waals surface area contributed by atoms with E-state index in [1.807, 2.05) is 5.38 Å². The summed E-state index contributed by atoms with van der Waals surface area (Å²) in [5.74, 6) is 0.462. The minimum Gasteiger partial charge on any atom is -0.451 e. The predicted molar refractivity (Wildman–Crippen MR) is 78.7 cm³/mol. The molecular formula is C15H21NO3S. The van der Waals surface area contributed by atoms with Crippen LogP contribution in [0.2, 0.25) is 0 Å². The van der Waals surface area contributed by atoms with Gasteiger partial charge in [0.1, 0.15) is 4.88 Å². The molecule has 1 N–H and O–H groups in total. The van der Waals surface area contributed by atoms with Crippen molar-refractivity contribution in [3.8, 4) is 0 Å². The van der Waals surface area contributed by atoms with Gasteiger partial charge in [0.05, 0.1) is 0 Å². The van der Waals surface area contributed by atoms with Crippen LogP contribution in [0, 0.1) is 11.8 Å². The van der Waals surface area contributed by atoms with E-state index in [-0.39, 0.29) is 18.6 Å². The molecule has 1 aromatic rings. The Labute approximate surface area is 123 Å². The third-order valence-electron chi connectivity index (χ3n) is 4.11. The molecule has 1 aliphatic carbocycles. The number of esters is 1. The first-order valence-electron chi connectivity index (χ1n) is 7.08. The third kappa shape index (κ3) is 3.82. The highest BCUT2D eigenvalue weighted by Gasteiger charge is 2.28. The highest BCUT2D eigenvalue weighted by Crippen LogP contribution is 2.29. The largest absolute Gasteiger partial charge is 0.451 e. The number of carbonyl (C=O) groups is 2. The number of thiophene rings is 1. The monoisotopic (exact) mass is 295 g/mol. The fourth-order valence-electron chi connectivity index (χ4n) is 2.63. The van der Waals surface area contributed by atoms with Crippen LogP contribution in [-0.4, -0.2) is 24.5 Å². The highest BCUT2D eigenvalue weighted by molar-refractivity contribution is 7.11. The van der Waals surface area contributed by atoms with Crippen LogP contribution >= 0.6 is 11.3 Å². The van der Waals surface area contributed by atoms with E-state index in [4.69, 9.17) is 4.74 Å². The first kappa shape index (κ1) is 15.0. The smallest absolute Gasteiger partial charge is 0.348 e. The zero-order valence-corrected chi connectivity index (χ0v) is 12.7. The molecular weight excluding hydrogens is 274 g/mol. The van der Waals surface area contributed by atoms with E-state index in [1.165, 1.54) is 17.8 Å². The zero-order chi connectivity index (χ0) is 14.5. The number of hydrogen-bond acceptors (Lipinski definition) is 4. The van der Waals surface area contributed by atoms with Gasteiger partial charge in [0.2, 0.25) is 0 Å². The van der Waals surface area contributed by atoms with E-state index in [1.54, 1.807) is 12.1 Å². The SMILES string of the molecule is C[C@@H]1[C@H](C)CCC[C@H]1NC(=O)COC(=O)c1cccs1. The molecule has 3 atom stereocenters. The molecule has 2 rings (SSSR count). The Bertz CT molecular complexity index is 458. The Morgan fingerprint density at radius 2 is 2.20 bits per heavy atom. The minimum absolute atomic E-state index is 0.200. The molecule has 0 spiro atoms. The molecule has 1 saturated carbocycles. The second kappa shape index (κ2) is 6.88. The lowest BCUT2D eigenvalue weighted by atomic mass is 9.78. The summed E-state index contributed by atoms with van der Waals surface area (Å²) in [7, 11) is 0. The Balaban J connectivity index is 1.76. The van der Waals surface area contributed by atoms with Crippen LogP contribution < -0.4 is 5.32 Å². The summed E-state index contributed by atoms with van der Waals surface area (Å²) in [6.45, 7) is 4.20. The molecule has 1 aliphatic rings. The van der Waals surface area contributed by atoms with Gasteiger partial charge in [-0.15, -0.1) is 11.3 Å². The molecule has 1 aromatic heterocycles. The average molecular weight is 295 g/mol. The van der Waals surface area contributed by atoms with E-state index in [0.717, 1.165) is 12.8 Å². The van der Waals surface area contributed by atoms with Crippen molar-refractivity contribution in [3.63, 3.8) is 0 Å². The van der Waals surface area contributed by atoms with Crippen molar-refractivity contribution in [2.75, 3.05) is 6.61 Å². The topological polar surface area (TPSA) is 55.4 Å². The fourth-order valence-corrected chi connectivity index (χ4v) is 3.25. The quantitative estimate of drug-likeness (QED) is 0.869. The second-order valence-electron chi connectivity index (χ2n) is 5.49. The minimum atomic E-state index is -0.430. The van der Waals surface area contributed by atoms with Crippen LogP contribution in [0.15, 0.2) is 17.5 Å². The maximum Gasteiger partial charge on any atom is 0.348 e. The molecule has 1 heterocycles. The zero-order valence-electron chi connectivity index (χ0n) is 11.9. The van der Waals surface area contributed by atoms with Crippen molar-refractivity contribution in [1.82, 2.24) is 5.32 Å². The van der Waals surface area contributed by atoms with E-state index < -0.39 is 5.97 Å². The van der Waals surface area contributed by atoms with Gasteiger partial charge in [0.15, 0.2) is 6.61 Å². The Hall–Kier alpha value is -1.36. The van der Waals surface area contributed by atoms with Gasteiger partial charge in [-0.2, -0.15) is 0 Å². The molecule has 0 unspecified atom stereocenters. The molecule has 1 amide bonds. The Morgan fingerprint density at radius 1 is 1.40 bits per heavy atom. The van der Waals surface area contributed by atoms with Crippen molar-refractivity contribution in [2.45, 2.75) is 39.2 Å². The van der Waals surface area contributed by atoms with Crippen molar-refractivity contribution in [1.29, 1.82) is 0 Å². The Kier molecular flexibility index (Phi) is 5.17. The van der Waals surface area contributed by atoms with Gasteiger partial charge in [-0.05, 0) is 29.7 Å². The van der Waals surface area contributed by atoms with Gasteiger partial charge in [-0.1, -0.05) is 32.8 Å². The molecule has 110 valence electrons. The van der Waals surface area contributed by atoms with Crippen molar-refractivity contribution >= 4 is 23.2 Å². The van der Waals surface area contributed by atoms with Gasteiger partial charge in [-0.25, -0.2) is 4.79 Å². The summed E-state index contributed by atoms with van der Waals surface area (Å²) in [5.41, 5.74) is 0. The van der Waals surface area contributed by atoms with Crippen molar-refractivity contribution in [2.24, 2.45) is 11.8 Å². The fraction of sp³-hybridized carbons (Fsp3) is 0.600. The number of rotatable bonds is 4. The maximum absolute atomic E-state index is 11.9. The lowest BCUT2D eigenvalue weighted by Crippen LogP contribution is -2.45. The van der Waals surface area contributed by atoms with Gasteiger partial charge in [0.25, 0.3) is 5.91 Å². The average Bonchev–Trinajstić information content (AvgIpc) is 2.95. The summed E-state index contributed by atoms with van der Waals surface area (Å²) in [5, 5.41) is 4.79. The van der Waals surface area contributed by atoms with Gasteiger partial charge in [0, 0.05) is 6.04 Å². The second-order valence-corrected chi connectivity index (χ2v) is 6.44. The van der Waals surface area contributed by atoms with Crippen LogP contribution in [0.5, 0.6) is 0 Å². The van der Waals surface area contributed by atoms with Crippen molar-refractivity contribution < 1.29 is 14.3 Å². The lowest BCUT2D eigenvalue weighted by Gasteiger charge is -2.34. The first-order chi connectivity index (χ1) is 9.58. The van der Waals surface area contributed by atoms with E-state index in [0.29, 0.717) is 16.7 Å². The predicted octanol–water partition coefficient (Wildman–Crippen LogP) is 2.85. The van der Waals surface area contributed by atoms with Crippen LogP contribution in [0.4, 0.5) is 0 Å². The Morgan fingerprint density at radius 3 is 2.90 bits per heavy atom. The molecule has 0 bridgehead atoms. The molecule has 0 saturated heterocycles. The number of carbonyl (C=O) groups excluding carboxylic acids is 2. The molecule has 0 aromatic carbocycles. The van der Waals surface area contributed by atoms with Gasteiger partial charge < -0.3 is 10.1 Å². The number of nitrogens with one attached hydrogen (secondary N) is 1. The highest BCUT2D eigenvalue weighted by atomic mass is 32.1. The molecule has 0 radical (unpaired) electrons. The molecule has 4 nitrogen and oxygen atoms in total. The maximum atomic E-state index is 11.9. The lowest BCUT2D eigenvalue weighted by molar-refractivity contribution is -0.125. The van der Waals surface area contributed by atoms with Crippen molar-refractivity contribution in [3.05, 3.63) is 22.4 Å². The normalized spacial score (nSPS) is 26.0. The number of amides is 1. The molecule has 5 heteroatoms. The van der Waals surface area contributed by atoms with Crippen LogP contribution in [0.25, 0.3) is 0 Å².